The molecule has 0 spiro atoms. The van der Waals surface area contributed by atoms with Gasteiger partial charge in [-0.2, -0.15) is 0 Å². The van der Waals surface area contributed by atoms with Crippen molar-refractivity contribution in [3.8, 4) is 0 Å². The number of nitrogens with zero attached hydrogens (tertiary/aromatic N) is 3. The van der Waals surface area contributed by atoms with Crippen LogP contribution >= 0.6 is 0 Å². The third-order valence-corrected chi connectivity index (χ3v) is 6.15. The van der Waals surface area contributed by atoms with E-state index in [1.807, 2.05) is 67.6 Å². The summed E-state index contributed by atoms with van der Waals surface area (Å²) in [6, 6.07) is 13.6. The van der Waals surface area contributed by atoms with E-state index in [-0.39, 0.29) is 23.7 Å². The lowest BCUT2D eigenvalue weighted by Gasteiger charge is -2.37. The van der Waals surface area contributed by atoms with Gasteiger partial charge in [0.1, 0.15) is 11.6 Å². The number of hydrogen-bond acceptors (Lipinski definition) is 5. The van der Waals surface area contributed by atoms with Crippen LogP contribution in [0.2, 0.25) is 0 Å². The van der Waals surface area contributed by atoms with Crippen molar-refractivity contribution in [1.82, 2.24) is 9.55 Å². The molecule has 1 aliphatic carbocycles. The largest absolute Gasteiger partial charge is 0.372 e. The van der Waals surface area contributed by atoms with Crippen molar-refractivity contribution < 1.29 is 4.74 Å². The molecular weight excluding hydrogens is 424 g/mol. The molecule has 6 heteroatoms. The second kappa shape index (κ2) is 9.31. The van der Waals surface area contributed by atoms with E-state index < -0.39 is 0 Å². The van der Waals surface area contributed by atoms with Crippen LogP contribution in [-0.4, -0.2) is 34.8 Å². The van der Waals surface area contributed by atoms with Gasteiger partial charge < -0.3 is 19.5 Å². The maximum Gasteiger partial charge on any atom is 0.195 e. The van der Waals surface area contributed by atoms with Gasteiger partial charge in [0.05, 0.1) is 29.2 Å². The van der Waals surface area contributed by atoms with Crippen LogP contribution in [0.25, 0.3) is 10.9 Å². The lowest BCUT2D eigenvalue weighted by molar-refractivity contribution is -0.00537. The van der Waals surface area contributed by atoms with Gasteiger partial charge in [0, 0.05) is 30.5 Å². The highest BCUT2D eigenvalue weighted by Crippen LogP contribution is 2.32. The predicted molar refractivity (Wildman–Crippen MR) is 139 cm³/mol. The van der Waals surface area contributed by atoms with E-state index in [1.54, 1.807) is 6.07 Å². The number of aromatic nitrogens is 2. The summed E-state index contributed by atoms with van der Waals surface area (Å²) in [4.78, 5) is 20.7. The minimum Gasteiger partial charge on any atom is -0.372 e. The van der Waals surface area contributed by atoms with Gasteiger partial charge in [0.2, 0.25) is 0 Å². The van der Waals surface area contributed by atoms with Crippen molar-refractivity contribution in [2.75, 3.05) is 23.3 Å². The van der Waals surface area contributed by atoms with Crippen LogP contribution in [0.5, 0.6) is 0 Å². The summed E-state index contributed by atoms with van der Waals surface area (Å²) in [5.74, 6) is 1.48. The quantitative estimate of drug-likeness (QED) is 0.581. The molecule has 0 radical (unpaired) electrons. The van der Waals surface area contributed by atoms with Gasteiger partial charge in [-0.1, -0.05) is 54.7 Å². The Bertz CT molecular complexity index is 1310. The zero-order valence-corrected chi connectivity index (χ0v) is 19.8. The zero-order chi connectivity index (χ0) is 23.7. The Morgan fingerprint density at radius 2 is 1.65 bits per heavy atom. The molecule has 34 heavy (non-hydrogen) atoms. The summed E-state index contributed by atoms with van der Waals surface area (Å²) >= 11 is 0. The Hall–Kier alpha value is -3.64. The Labute approximate surface area is 199 Å². The second-order valence-corrected chi connectivity index (χ2v) is 9.04. The molecule has 174 valence electrons. The topological polar surface area (TPSA) is 59.4 Å². The van der Waals surface area contributed by atoms with E-state index in [0.29, 0.717) is 18.5 Å². The van der Waals surface area contributed by atoms with E-state index >= 15 is 0 Å². The Kier molecular flexibility index (Phi) is 6.07. The molecule has 0 saturated carbocycles. The lowest BCUT2D eigenvalue weighted by atomic mass is 10.1. The van der Waals surface area contributed by atoms with Gasteiger partial charge in [0.15, 0.2) is 5.43 Å². The molecule has 1 fully saturated rings. The number of nitrogens with one attached hydrogen (secondary N) is 1. The van der Waals surface area contributed by atoms with Crippen LogP contribution in [0.4, 0.5) is 17.3 Å². The fraction of sp³-hybridized carbons (Fsp3) is 0.286. The average molecular weight is 455 g/mol. The highest BCUT2D eigenvalue weighted by Gasteiger charge is 2.27. The molecule has 6 nitrogen and oxygen atoms in total. The summed E-state index contributed by atoms with van der Waals surface area (Å²) < 4.78 is 8.13. The number of anilines is 3. The molecular formula is C28H30N4O2. The van der Waals surface area contributed by atoms with Crippen molar-refractivity contribution in [2.45, 2.75) is 39.0 Å². The molecule has 0 bridgehead atoms. The standard InChI is InChI=1S/C28H30N4O2/c1-19-15-24-27(28(29-19)31-17-20(2)34-21(3)18-31)25(33)16-26(30-22-11-7-6-8-12-22)32(24)23-13-9-4-5-10-14-23/h4-16,20-21,23,30H,17-18H2,1-3H3. The average Bonchev–Trinajstić information content (AvgIpc) is 3.08. The third-order valence-electron chi connectivity index (χ3n) is 6.15. The van der Waals surface area contributed by atoms with E-state index in [0.717, 1.165) is 28.5 Å². The fourth-order valence-electron chi connectivity index (χ4n) is 4.85. The minimum absolute atomic E-state index is 0.0429. The van der Waals surface area contributed by atoms with E-state index in [9.17, 15) is 4.79 Å². The zero-order valence-electron chi connectivity index (χ0n) is 19.8. The molecule has 2 aliphatic rings. The third kappa shape index (κ3) is 4.41. The smallest absolute Gasteiger partial charge is 0.195 e. The number of pyridine rings is 2. The first-order chi connectivity index (χ1) is 16.5. The normalized spacial score (nSPS) is 20.6. The fourth-order valence-corrected chi connectivity index (χ4v) is 4.85. The number of morpholine rings is 1. The van der Waals surface area contributed by atoms with Crippen LogP contribution in [0.15, 0.2) is 83.7 Å². The first kappa shape index (κ1) is 22.2. The molecule has 1 aromatic carbocycles. The number of benzene rings is 1. The maximum absolute atomic E-state index is 13.6. The number of para-hydroxylation sites is 1. The molecule has 2 unspecified atom stereocenters. The molecule has 2 atom stereocenters. The van der Waals surface area contributed by atoms with Crippen LogP contribution in [-0.2, 0) is 4.74 Å². The minimum atomic E-state index is -0.0681. The Balaban J connectivity index is 1.75. The molecule has 1 N–H and O–H groups in total. The molecule has 3 aromatic rings. The summed E-state index contributed by atoms with van der Waals surface area (Å²) in [5, 5.41) is 4.12. The van der Waals surface area contributed by atoms with Gasteiger partial charge in [-0.3, -0.25) is 4.79 Å². The van der Waals surface area contributed by atoms with Crippen LogP contribution < -0.4 is 15.6 Å². The molecule has 1 aliphatic heterocycles. The van der Waals surface area contributed by atoms with Crippen molar-refractivity contribution in [3.05, 3.63) is 94.8 Å². The number of fused-ring (bicyclic) bond motifs is 1. The number of allylic oxidation sites excluding steroid dienone is 6. The van der Waals surface area contributed by atoms with Crippen molar-refractivity contribution in [1.29, 1.82) is 0 Å². The number of aryl methyl sites for hydroxylation is 1. The van der Waals surface area contributed by atoms with Crippen molar-refractivity contribution >= 4 is 28.2 Å². The summed E-state index contributed by atoms with van der Waals surface area (Å²) in [5.41, 5.74) is 2.62. The summed E-state index contributed by atoms with van der Waals surface area (Å²) in [6.45, 7) is 7.52. The first-order valence-electron chi connectivity index (χ1n) is 11.8. The van der Waals surface area contributed by atoms with Gasteiger partial charge in [-0.25, -0.2) is 4.98 Å². The van der Waals surface area contributed by atoms with Gasteiger partial charge in [-0.05, 0) is 39.0 Å². The van der Waals surface area contributed by atoms with Gasteiger partial charge in [0.25, 0.3) is 0 Å². The van der Waals surface area contributed by atoms with E-state index in [4.69, 9.17) is 9.72 Å². The summed E-state index contributed by atoms with van der Waals surface area (Å²) in [6.07, 6.45) is 12.5. The first-order valence-corrected chi connectivity index (χ1v) is 11.8. The van der Waals surface area contributed by atoms with Gasteiger partial charge in [-0.15, -0.1) is 0 Å². The SMILES string of the molecule is Cc1cc2c(c(N3CC(C)OC(C)C3)n1)c(=O)cc(Nc1ccccc1)n2C1C=CC=CC=C1. The molecule has 0 amide bonds. The molecule has 2 aromatic heterocycles. The number of rotatable bonds is 4. The lowest BCUT2D eigenvalue weighted by Crippen LogP contribution is -2.46. The van der Waals surface area contributed by atoms with Crippen molar-refractivity contribution in [2.24, 2.45) is 0 Å². The number of hydrogen-bond donors (Lipinski definition) is 1. The summed E-state index contributed by atoms with van der Waals surface area (Å²) in [7, 11) is 0. The highest BCUT2D eigenvalue weighted by atomic mass is 16.5. The number of ether oxygens (including phenoxy) is 1. The molecule has 1 saturated heterocycles. The highest BCUT2D eigenvalue weighted by molar-refractivity contribution is 5.92. The maximum atomic E-state index is 13.6. The predicted octanol–water partition coefficient (Wildman–Crippen LogP) is 5.29. The van der Waals surface area contributed by atoms with E-state index in [2.05, 4.69) is 40.8 Å². The Morgan fingerprint density at radius 1 is 0.971 bits per heavy atom. The van der Waals surface area contributed by atoms with E-state index in [1.165, 1.54) is 0 Å². The van der Waals surface area contributed by atoms with Crippen LogP contribution in [0, 0.1) is 6.92 Å². The van der Waals surface area contributed by atoms with Gasteiger partial charge >= 0.3 is 0 Å². The molecule has 5 rings (SSSR count). The van der Waals surface area contributed by atoms with Crippen molar-refractivity contribution in [3.63, 3.8) is 0 Å². The monoisotopic (exact) mass is 454 g/mol. The van der Waals surface area contributed by atoms with Crippen LogP contribution in [0.3, 0.4) is 0 Å². The Morgan fingerprint density at radius 3 is 2.32 bits per heavy atom. The molecule has 3 heterocycles. The van der Waals surface area contributed by atoms with Crippen LogP contribution in [0.1, 0.15) is 25.6 Å². The second-order valence-electron chi connectivity index (χ2n) is 9.04.